The number of methoxy groups -OCH3 is 1. The third-order valence-corrected chi connectivity index (χ3v) is 5.05. The van der Waals surface area contributed by atoms with Crippen molar-refractivity contribution in [1.82, 2.24) is 10.2 Å². The predicted octanol–water partition coefficient (Wildman–Crippen LogP) is 2.71. The van der Waals surface area contributed by atoms with E-state index in [4.69, 9.17) is 4.74 Å². The molecule has 2 aliphatic heterocycles. The Balaban J connectivity index is 0.00000242. The molecule has 0 saturated carbocycles. The third-order valence-electron chi connectivity index (χ3n) is 5.05. The molecular weight excluding hydrogens is 300 g/mol. The number of likely N-dealkylation sites (tertiary alicyclic amines) is 1. The van der Waals surface area contributed by atoms with Crippen LogP contribution in [-0.4, -0.2) is 50.7 Å². The molecule has 0 aromatic carbocycles. The fraction of sp³-hybridized carbons (Fsp3) is 0.941. The predicted molar refractivity (Wildman–Crippen MR) is 92.4 cm³/mol. The summed E-state index contributed by atoms with van der Waals surface area (Å²) in [6, 6.07) is 0. The lowest BCUT2D eigenvalue weighted by molar-refractivity contribution is -0.149. The maximum atomic E-state index is 13.1. The number of halogens is 1. The van der Waals surface area contributed by atoms with Gasteiger partial charge in [-0.15, -0.1) is 12.4 Å². The van der Waals surface area contributed by atoms with Crippen LogP contribution in [-0.2, 0) is 9.53 Å². The quantitative estimate of drug-likeness (QED) is 0.841. The molecule has 1 unspecified atom stereocenters. The Labute approximate surface area is 141 Å². The number of hydrogen-bond donors (Lipinski definition) is 1. The Kier molecular flexibility index (Phi) is 8.15. The van der Waals surface area contributed by atoms with Gasteiger partial charge in [0.1, 0.15) is 0 Å². The van der Waals surface area contributed by atoms with Crippen molar-refractivity contribution in [2.75, 3.05) is 39.9 Å². The average molecular weight is 333 g/mol. The first-order chi connectivity index (χ1) is 10.1. The molecule has 5 heteroatoms. The smallest absolute Gasteiger partial charge is 0.231 e. The van der Waals surface area contributed by atoms with E-state index < -0.39 is 0 Å². The second-order valence-electron chi connectivity index (χ2n) is 7.35. The van der Waals surface area contributed by atoms with E-state index in [-0.39, 0.29) is 17.8 Å². The van der Waals surface area contributed by atoms with Gasteiger partial charge in [0, 0.05) is 20.2 Å². The molecular formula is C17H33ClN2O2. The Morgan fingerprint density at radius 2 is 2.05 bits per heavy atom. The van der Waals surface area contributed by atoms with Crippen LogP contribution in [0.5, 0.6) is 0 Å². The van der Waals surface area contributed by atoms with Crippen LogP contribution in [0.2, 0.25) is 0 Å². The zero-order chi connectivity index (χ0) is 15.3. The fourth-order valence-electron chi connectivity index (χ4n) is 4.05. The standard InChI is InChI=1S/C17H32N2O2.ClH/c1-14(2)11-15-5-4-10-19(12-15)16(20)17(13-21-3)6-8-18-9-7-17;/h14-15,18H,4-13H2,1-3H3;1H. The highest BCUT2D eigenvalue weighted by atomic mass is 35.5. The molecule has 22 heavy (non-hydrogen) atoms. The van der Waals surface area contributed by atoms with Crippen LogP contribution in [0.4, 0.5) is 0 Å². The van der Waals surface area contributed by atoms with Crippen molar-refractivity contribution < 1.29 is 9.53 Å². The van der Waals surface area contributed by atoms with Crippen LogP contribution < -0.4 is 5.32 Å². The highest BCUT2D eigenvalue weighted by molar-refractivity contribution is 5.85. The maximum Gasteiger partial charge on any atom is 0.231 e. The number of amides is 1. The zero-order valence-corrected chi connectivity index (χ0v) is 15.2. The van der Waals surface area contributed by atoms with Crippen LogP contribution in [0.25, 0.3) is 0 Å². The molecule has 2 saturated heterocycles. The van der Waals surface area contributed by atoms with Gasteiger partial charge in [-0.1, -0.05) is 13.8 Å². The minimum Gasteiger partial charge on any atom is -0.384 e. The summed E-state index contributed by atoms with van der Waals surface area (Å²) in [7, 11) is 1.72. The van der Waals surface area contributed by atoms with Gasteiger partial charge in [0.05, 0.1) is 12.0 Å². The molecule has 2 fully saturated rings. The minimum atomic E-state index is -0.278. The summed E-state index contributed by atoms with van der Waals surface area (Å²) in [5, 5.41) is 3.36. The van der Waals surface area contributed by atoms with E-state index >= 15 is 0 Å². The first kappa shape index (κ1) is 19.7. The van der Waals surface area contributed by atoms with Crippen LogP contribution in [0.1, 0.15) is 46.0 Å². The maximum absolute atomic E-state index is 13.1. The second-order valence-corrected chi connectivity index (χ2v) is 7.35. The number of ether oxygens (including phenoxy) is 1. The molecule has 0 aliphatic carbocycles. The fourth-order valence-corrected chi connectivity index (χ4v) is 4.05. The summed E-state index contributed by atoms with van der Waals surface area (Å²) in [5.74, 6) is 1.75. The van der Waals surface area contributed by atoms with Crippen molar-refractivity contribution in [3.05, 3.63) is 0 Å². The Hall–Kier alpha value is -0.320. The second kappa shape index (κ2) is 9.09. The topological polar surface area (TPSA) is 41.6 Å². The lowest BCUT2D eigenvalue weighted by Crippen LogP contribution is -2.53. The van der Waals surface area contributed by atoms with Gasteiger partial charge in [0.25, 0.3) is 0 Å². The Bertz CT molecular complexity index is 338. The summed E-state index contributed by atoms with van der Waals surface area (Å²) >= 11 is 0. The molecule has 2 aliphatic rings. The van der Waals surface area contributed by atoms with E-state index in [1.807, 2.05) is 0 Å². The van der Waals surface area contributed by atoms with Crippen molar-refractivity contribution in [3.8, 4) is 0 Å². The normalized spacial score (nSPS) is 24.9. The van der Waals surface area contributed by atoms with Crippen molar-refractivity contribution in [3.63, 3.8) is 0 Å². The molecule has 0 bridgehead atoms. The molecule has 1 N–H and O–H groups in total. The highest BCUT2D eigenvalue weighted by Gasteiger charge is 2.43. The van der Waals surface area contributed by atoms with Gasteiger partial charge in [0.15, 0.2) is 0 Å². The van der Waals surface area contributed by atoms with E-state index in [1.165, 1.54) is 12.8 Å². The van der Waals surface area contributed by atoms with Gasteiger partial charge in [0.2, 0.25) is 5.91 Å². The first-order valence-corrected chi connectivity index (χ1v) is 8.56. The van der Waals surface area contributed by atoms with E-state index in [1.54, 1.807) is 7.11 Å². The van der Waals surface area contributed by atoms with Crippen LogP contribution in [0.3, 0.4) is 0 Å². The number of carbonyl (C=O) groups excluding carboxylic acids is 1. The minimum absolute atomic E-state index is 0. The van der Waals surface area contributed by atoms with Gasteiger partial charge in [-0.2, -0.15) is 0 Å². The van der Waals surface area contributed by atoms with E-state index in [9.17, 15) is 4.79 Å². The molecule has 0 aromatic heterocycles. The molecule has 0 radical (unpaired) electrons. The molecule has 2 rings (SSSR count). The van der Waals surface area contributed by atoms with Gasteiger partial charge in [-0.3, -0.25) is 4.79 Å². The van der Waals surface area contributed by atoms with Crippen molar-refractivity contribution >= 4 is 18.3 Å². The lowest BCUT2D eigenvalue weighted by atomic mass is 9.77. The van der Waals surface area contributed by atoms with Crippen LogP contribution >= 0.6 is 12.4 Å². The van der Waals surface area contributed by atoms with Crippen LogP contribution in [0, 0.1) is 17.3 Å². The van der Waals surface area contributed by atoms with Gasteiger partial charge >= 0.3 is 0 Å². The molecule has 4 nitrogen and oxygen atoms in total. The first-order valence-electron chi connectivity index (χ1n) is 8.56. The number of carbonyl (C=O) groups is 1. The monoisotopic (exact) mass is 332 g/mol. The van der Waals surface area contributed by atoms with Crippen molar-refractivity contribution in [2.45, 2.75) is 46.0 Å². The highest BCUT2D eigenvalue weighted by Crippen LogP contribution is 2.34. The van der Waals surface area contributed by atoms with E-state index in [0.29, 0.717) is 18.4 Å². The molecule has 0 aromatic rings. The summed E-state index contributed by atoms with van der Waals surface area (Å²) < 4.78 is 5.41. The Morgan fingerprint density at radius 3 is 2.64 bits per heavy atom. The molecule has 1 atom stereocenters. The average Bonchev–Trinajstić information content (AvgIpc) is 2.47. The van der Waals surface area contributed by atoms with Gasteiger partial charge in [-0.25, -0.2) is 0 Å². The van der Waals surface area contributed by atoms with Gasteiger partial charge in [-0.05, 0) is 57.0 Å². The number of nitrogens with one attached hydrogen (secondary N) is 1. The molecule has 1 amide bonds. The van der Waals surface area contributed by atoms with Crippen molar-refractivity contribution in [1.29, 1.82) is 0 Å². The SMILES string of the molecule is COCC1(C(=O)N2CCCC(CC(C)C)C2)CCNCC1.Cl. The molecule has 130 valence electrons. The van der Waals surface area contributed by atoms with Gasteiger partial charge < -0.3 is 15.0 Å². The van der Waals surface area contributed by atoms with Crippen molar-refractivity contribution in [2.24, 2.45) is 17.3 Å². The van der Waals surface area contributed by atoms with Crippen LogP contribution in [0.15, 0.2) is 0 Å². The van der Waals surface area contributed by atoms with E-state index in [2.05, 4.69) is 24.1 Å². The molecule has 2 heterocycles. The van der Waals surface area contributed by atoms with E-state index in [0.717, 1.165) is 51.4 Å². The largest absolute Gasteiger partial charge is 0.384 e. The molecule has 0 spiro atoms. The number of nitrogens with zero attached hydrogens (tertiary/aromatic N) is 1. The number of piperidine rings is 2. The summed E-state index contributed by atoms with van der Waals surface area (Å²) in [6.07, 6.45) is 5.49. The lowest BCUT2D eigenvalue weighted by Gasteiger charge is -2.42. The summed E-state index contributed by atoms with van der Waals surface area (Å²) in [6.45, 7) is 8.87. The Morgan fingerprint density at radius 1 is 1.36 bits per heavy atom. The summed E-state index contributed by atoms with van der Waals surface area (Å²) in [5.41, 5.74) is -0.278. The number of hydrogen-bond acceptors (Lipinski definition) is 3. The zero-order valence-electron chi connectivity index (χ0n) is 14.4. The number of rotatable bonds is 5. The third kappa shape index (κ3) is 4.84. The summed E-state index contributed by atoms with van der Waals surface area (Å²) in [4.78, 5) is 15.3.